The molecule has 0 bridgehead atoms. The SMILES string of the molecule is COc1c(C)cnc(CCNC(C)(C)C)c1C. The second kappa shape index (κ2) is 5.50. The van der Waals surface area contributed by atoms with Crippen LogP contribution in [0.15, 0.2) is 6.20 Å². The Labute approximate surface area is 105 Å². The summed E-state index contributed by atoms with van der Waals surface area (Å²) in [4.78, 5) is 4.49. The second-order valence-corrected chi connectivity index (χ2v) is 5.47. The van der Waals surface area contributed by atoms with E-state index in [1.54, 1.807) is 7.11 Å². The Morgan fingerprint density at radius 2 is 1.94 bits per heavy atom. The highest BCUT2D eigenvalue weighted by molar-refractivity contribution is 5.41. The fourth-order valence-electron chi connectivity index (χ4n) is 1.88. The number of rotatable bonds is 4. The lowest BCUT2D eigenvalue weighted by Crippen LogP contribution is -2.37. The van der Waals surface area contributed by atoms with Crippen molar-refractivity contribution in [3.63, 3.8) is 0 Å². The predicted molar refractivity (Wildman–Crippen MR) is 71.7 cm³/mol. The minimum atomic E-state index is 0.155. The summed E-state index contributed by atoms with van der Waals surface area (Å²) in [6, 6.07) is 0. The summed E-state index contributed by atoms with van der Waals surface area (Å²) in [7, 11) is 1.71. The Hall–Kier alpha value is -1.09. The van der Waals surface area contributed by atoms with E-state index >= 15 is 0 Å². The third-order valence-corrected chi connectivity index (χ3v) is 2.77. The maximum absolute atomic E-state index is 5.40. The summed E-state index contributed by atoms with van der Waals surface area (Å²) in [6.45, 7) is 11.5. The highest BCUT2D eigenvalue weighted by Gasteiger charge is 2.11. The van der Waals surface area contributed by atoms with E-state index in [-0.39, 0.29) is 5.54 Å². The van der Waals surface area contributed by atoms with Gasteiger partial charge in [0.25, 0.3) is 0 Å². The number of methoxy groups -OCH3 is 1. The molecule has 1 N–H and O–H groups in total. The van der Waals surface area contributed by atoms with Gasteiger partial charge in [0.05, 0.1) is 7.11 Å². The first kappa shape index (κ1) is 14.0. The van der Waals surface area contributed by atoms with Crippen molar-refractivity contribution < 1.29 is 4.74 Å². The van der Waals surface area contributed by atoms with Gasteiger partial charge in [-0.3, -0.25) is 4.98 Å². The van der Waals surface area contributed by atoms with Crippen molar-refractivity contribution >= 4 is 0 Å². The molecule has 0 spiro atoms. The fourth-order valence-corrected chi connectivity index (χ4v) is 1.88. The number of aromatic nitrogens is 1. The largest absolute Gasteiger partial charge is 0.496 e. The summed E-state index contributed by atoms with van der Waals surface area (Å²) in [5, 5.41) is 3.47. The minimum absolute atomic E-state index is 0.155. The third kappa shape index (κ3) is 4.00. The van der Waals surface area contributed by atoms with Crippen LogP contribution in [0.3, 0.4) is 0 Å². The van der Waals surface area contributed by atoms with Crippen molar-refractivity contribution in [2.75, 3.05) is 13.7 Å². The molecule has 3 heteroatoms. The summed E-state index contributed by atoms with van der Waals surface area (Å²) in [5.41, 5.74) is 3.52. The van der Waals surface area contributed by atoms with E-state index in [0.717, 1.165) is 35.5 Å². The maximum Gasteiger partial charge on any atom is 0.128 e. The standard InChI is InChI=1S/C14H24N2O/c1-10-9-15-12(11(2)13(10)17-6)7-8-16-14(3,4)5/h9,16H,7-8H2,1-6H3. The zero-order chi connectivity index (χ0) is 13.1. The predicted octanol–water partition coefficient (Wildman–Crippen LogP) is 2.64. The van der Waals surface area contributed by atoms with Crippen LogP contribution in [0, 0.1) is 13.8 Å². The van der Waals surface area contributed by atoms with E-state index in [1.165, 1.54) is 0 Å². The van der Waals surface area contributed by atoms with Gasteiger partial charge < -0.3 is 10.1 Å². The van der Waals surface area contributed by atoms with Gasteiger partial charge in [0.2, 0.25) is 0 Å². The average molecular weight is 236 g/mol. The van der Waals surface area contributed by atoms with Crippen molar-refractivity contribution in [2.45, 2.75) is 46.6 Å². The summed E-state index contributed by atoms with van der Waals surface area (Å²) in [6.07, 6.45) is 2.82. The molecular formula is C14H24N2O. The van der Waals surface area contributed by atoms with Gasteiger partial charge in [0.1, 0.15) is 5.75 Å². The molecule has 0 saturated heterocycles. The van der Waals surface area contributed by atoms with Crippen molar-refractivity contribution in [1.82, 2.24) is 10.3 Å². The highest BCUT2D eigenvalue weighted by atomic mass is 16.5. The van der Waals surface area contributed by atoms with E-state index in [0.29, 0.717) is 0 Å². The van der Waals surface area contributed by atoms with Gasteiger partial charge in [-0.15, -0.1) is 0 Å². The minimum Gasteiger partial charge on any atom is -0.496 e. The van der Waals surface area contributed by atoms with E-state index in [4.69, 9.17) is 4.74 Å². The zero-order valence-corrected chi connectivity index (χ0v) is 11.8. The fraction of sp³-hybridized carbons (Fsp3) is 0.643. The van der Waals surface area contributed by atoms with Gasteiger partial charge in [-0.25, -0.2) is 0 Å². The molecule has 0 aliphatic heterocycles. The van der Waals surface area contributed by atoms with Gasteiger partial charge in [0, 0.05) is 41.5 Å². The first-order valence-corrected chi connectivity index (χ1v) is 6.09. The Bertz CT molecular complexity index is 381. The number of hydrogen-bond acceptors (Lipinski definition) is 3. The Morgan fingerprint density at radius 3 is 2.47 bits per heavy atom. The number of nitrogens with zero attached hydrogens (tertiary/aromatic N) is 1. The van der Waals surface area contributed by atoms with Crippen LogP contribution in [0.1, 0.15) is 37.6 Å². The Morgan fingerprint density at radius 1 is 1.29 bits per heavy atom. The van der Waals surface area contributed by atoms with E-state index in [1.807, 2.05) is 13.1 Å². The normalized spacial score (nSPS) is 11.6. The molecule has 1 aromatic heterocycles. The monoisotopic (exact) mass is 236 g/mol. The number of pyridine rings is 1. The van der Waals surface area contributed by atoms with Crippen LogP contribution in [0.25, 0.3) is 0 Å². The third-order valence-electron chi connectivity index (χ3n) is 2.77. The van der Waals surface area contributed by atoms with Gasteiger partial charge in [-0.05, 0) is 34.6 Å². The highest BCUT2D eigenvalue weighted by Crippen LogP contribution is 2.24. The quantitative estimate of drug-likeness (QED) is 0.872. The van der Waals surface area contributed by atoms with Gasteiger partial charge in [-0.1, -0.05) is 0 Å². The number of ether oxygens (including phenoxy) is 1. The molecule has 0 aromatic carbocycles. The molecular weight excluding hydrogens is 212 g/mol. The number of hydrogen-bond donors (Lipinski definition) is 1. The van der Waals surface area contributed by atoms with Gasteiger partial charge in [-0.2, -0.15) is 0 Å². The molecule has 1 heterocycles. The van der Waals surface area contributed by atoms with E-state index < -0.39 is 0 Å². The van der Waals surface area contributed by atoms with Crippen molar-refractivity contribution in [1.29, 1.82) is 0 Å². The lowest BCUT2D eigenvalue weighted by molar-refractivity contribution is 0.405. The Balaban J connectivity index is 2.73. The van der Waals surface area contributed by atoms with E-state index in [9.17, 15) is 0 Å². The molecule has 0 unspecified atom stereocenters. The summed E-state index contributed by atoms with van der Waals surface area (Å²) < 4.78 is 5.40. The molecule has 0 radical (unpaired) electrons. The first-order valence-electron chi connectivity index (χ1n) is 6.09. The number of nitrogens with one attached hydrogen (secondary N) is 1. The van der Waals surface area contributed by atoms with Crippen LogP contribution < -0.4 is 10.1 Å². The summed E-state index contributed by atoms with van der Waals surface area (Å²) in [5.74, 6) is 0.964. The maximum atomic E-state index is 5.40. The average Bonchev–Trinajstić information content (AvgIpc) is 2.20. The molecule has 0 aliphatic rings. The molecule has 3 nitrogen and oxygen atoms in total. The zero-order valence-electron chi connectivity index (χ0n) is 11.8. The number of aryl methyl sites for hydroxylation is 1. The van der Waals surface area contributed by atoms with Crippen LogP contribution in [-0.2, 0) is 6.42 Å². The van der Waals surface area contributed by atoms with Crippen LogP contribution in [0.4, 0.5) is 0 Å². The molecule has 0 aliphatic carbocycles. The smallest absolute Gasteiger partial charge is 0.128 e. The Kier molecular flexibility index (Phi) is 4.52. The van der Waals surface area contributed by atoms with Crippen molar-refractivity contribution in [2.24, 2.45) is 0 Å². The second-order valence-electron chi connectivity index (χ2n) is 5.47. The van der Waals surface area contributed by atoms with Crippen LogP contribution in [0.2, 0.25) is 0 Å². The van der Waals surface area contributed by atoms with Crippen LogP contribution in [0.5, 0.6) is 5.75 Å². The molecule has 0 fully saturated rings. The van der Waals surface area contributed by atoms with Crippen molar-refractivity contribution in [3.05, 3.63) is 23.0 Å². The van der Waals surface area contributed by atoms with Crippen LogP contribution in [-0.4, -0.2) is 24.2 Å². The molecule has 1 rings (SSSR count). The van der Waals surface area contributed by atoms with E-state index in [2.05, 4.69) is 38.0 Å². The lowest BCUT2D eigenvalue weighted by atomic mass is 10.1. The molecule has 0 amide bonds. The molecule has 0 atom stereocenters. The molecule has 0 saturated carbocycles. The van der Waals surface area contributed by atoms with Gasteiger partial charge in [0.15, 0.2) is 0 Å². The molecule has 1 aromatic rings. The van der Waals surface area contributed by atoms with Crippen molar-refractivity contribution in [3.8, 4) is 5.75 Å². The topological polar surface area (TPSA) is 34.1 Å². The lowest BCUT2D eigenvalue weighted by Gasteiger charge is -2.21. The first-order chi connectivity index (χ1) is 7.85. The molecule has 17 heavy (non-hydrogen) atoms. The molecule has 96 valence electrons. The van der Waals surface area contributed by atoms with Crippen LogP contribution >= 0.6 is 0 Å². The summed E-state index contributed by atoms with van der Waals surface area (Å²) >= 11 is 0. The van der Waals surface area contributed by atoms with Gasteiger partial charge >= 0.3 is 0 Å².